The quantitative estimate of drug-likeness (QED) is 0.544. The van der Waals surface area contributed by atoms with E-state index in [0.29, 0.717) is 18.4 Å². The maximum Gasteiger partial charge on any atom is 0.321 e. The number of nitrogens with one attached hydrogen (secondary N) is 1. The Labute approximate surface area is 188 Å². The van der Waals surface area contributed by atoms with E-state index >= 15 is 0 Å². The van der Waals surface area contributed by atoms with Crippen molar-refractivity contribution in [3.8, 4) is 0 Å². The standard InChI is InChI=1S/C26H41N3O2/c1-6-7-16-29-25(31)28(18-26(29)14-9-8-10-15-26)17-23(30)27-24-21(19(2)3)12-11-13-22(24)20(4)5/h11-13,19-20H,6-10,14-18H2,1-5H3,(H,27,30). The van der Waals surface area contributed by atoms with Crippen LogP contribution in [0.2, 0.25) is 0 Å². The fraction of sp³-hybridized carbons (Fsp3) is 0.692. The normalized spacial score (nSPS) is 18.5. The van der Waals surface area contributed by atoms with Crippen molar-refractivity contribution in [2.45, 2.75) is 96.9 Å². The van der Waals surface area contributed by atoms with Crippen LogP contribution in [0.3, 0.4) is 0 Å². The molecule has 1 aromatic carbocycles. The van der Waals surface area contributed by atoms with E-state index in [0.717, 1.165) is 49.0 Å². The summed E-state index contributed by atoms with van der Waals surface area (Å²) in [7, 11) is 0. The van der Waals surface area contributed by atoms with E-state index in [4.69, 9.17) is 0 Å². The number of hydrogen-bond acceptors (Lipinski definition) is 2. The molecule has 3 amide bonds. The number of carbonyl (C=O) groups is 2. The van der Waals surface area contributed by atoms with Crippen LogP contribution in [0.4, 0.5) is 10.5 Å². The summed E-state index contributed by atoms with van der Waals surface area (Å²) < 4.78 is 0. The summed E-state index contributed by atoms with van der Waals surface area (Å²) in [5, 5.41) is 3.19. The third-order valence-electron chi connectivity index (χ3n) is 7.05. The molecule has 0 unspecified atom stereocenters. The Balaban J connectivity index is 1.77. The van der Waals surface area contributed by atoms with Crippen LogP contribution in [0.5, 0.6) is 0 Å². The van der Waals surface area contributed by atoms with Crippen LogP contribution in [-0.2, 0) is 4.79 Å². The second-order valence-electron chi connectivity index (χ2n) is 10.1. The minimum atomic E-state index is -0.0911. The monoisotopic (exact) mass is 427 g/mol. The molecule has 0 atom stereocenters. The van der Waals surface area contributed by atoms with Crippen LogP contribution < -0.4 is 5.32 Å². The maximum atomic E-state index is 13.3. The number of amides is 3. The number of benzene rings is 1. The fourth-order valence-electron chi connectivity index (χ4n) is 5.34. The number of para-hydroxylation sites is 1. The molecule has 1 saturated carbocycles. The van der Waals surface area contributed by atoms with Gasteiger partial charge in [-0.1, -0.05) is 78.5 Å². The van der Waals surface area contributed by atoms with E-state index < -0.39 is 0 Å². The van der Waals surface area contributed by atoms with Gasteiger partial charge in [-0.15, -0.1) is 0 Å². The molecule has 2 aliphatic rings. The van der Waals surface area contributed by atoms with Crippen molar-refractivity contribution in [2.24, 2.45) is 0 Å². The van der Waals surface area contributed by atoms with Crippen molar-refractivity contribution < 1.29 is 9.59 Å². The number of rotatable bonds is 8. The number of anilines is 1. The third kappa shape index (κ3) is 5.07. The lowest BCUT2D eigenvalue weighted by Crippen LogP contribution is -2.48. The van der Waals surface area contributed by atoms with E-state index in [1.807, 2.05) is 0 Å². The van der Waals surface area contributed by atoms with Crippen molar-refractivity contribution in [2.75, 3.05) is 25.0 Å². The molecule has 0 aromatic heterocycles. The molecule has 1 aromatic rings. The first-order valence-corrected chi connectivity index (χ1v) is 12.3. The summed E-state index contributed by atoms with van der Waals surface area (Å²) in [6.07, 6.45) is 7.83. The summed E-state index contributed by atoms with van der Waals surface area (Å²) in [6, 6.07) is 6.31. The molecular formula is C26H41N3O2. The van der Waals surface area contributed by atoms with Gasteiger partial charge < -0.3 is 15.1 Å². The van der Waals surface area contributed by atoms with Crippen LogP contribution in [0, 0.1) is 0 Å². The molecule has 1 spiro atoms. The fourth-order valence-corrected chi connectivity index (χ4v) is 5.34. The van der Waals surface area contributed by atoms with Crippen molar-refractivity contribution in [1.82, 2.24) is 9.80 Å². The Kier molecular flexibility index (Phi) is 7.66. The smallest absolute Gasteiger partial charge is 0.321 e. The van der Waals surface area contributed by atoms with E-state index in [1.54, 1.807) is 4.90 Å². The highest BCUT2D eigenvalue weighted by atomic mass is 16.2. The van der Waals surface area contributed by atoms with Gasteiger partial charge in [0.25, 0.3) is 0 Å². The SMILES string of the molecule is CCCCN1C(=O)N(CC(=O)Nc2c(C(C)C)cccc2C(C)C)CC12CCCCC2. The Hall–Kier alpha value is -2.04. The van der Waals surface area contributed by atoms with Gasteiger partial charge in [0, 0.05) is 18.8 Å². The Morgan fingerprint density at radius 3 is 2.23 bits per heavy atom. The van der Waals surface area contributed by atoms with Gasteiger partial charge in [-0.3, -0.25) is 4.79 Å². The Bertz CT molecular complexity index is 755. The molecule has 1 aliphatic carbocycles. The summed E-state index contributed by atoms with van der Waals surface area (Å²) in [4.78, 5) is 30.3. The van der Waals surface area contributed by atoms with Gasteiger partial charge in [-0.2, -0.15) is 0 Å². The molecule has 1 aliphatic heterocycles. The third-order valence-corrected chi connectivity index (χ3v) is 7.05. The van der Waals surface area contributed by atoms with Crippen LogP contribution in [0.1, 0.15) is 103 Å². The highest BCUT2D eigenvalue weighted by molar-refractivity contribution is 5.96. The van der Waals surface area contributed by atoms with Crippen LogP contribution in [0.25, 0.3) is 0 Å². The van der Waals surface area contributed by atoms with Crippen LogP contribution in [-0.4, -0.2) is 46.9 Å². The Morgan fingerprint density at radius 2 is 1.68 bits per heavy atom. The zero-order valence-corrected chi connectivity index (χ0v) is 20.2. The van der Waals surface area contributed by atoms with Crippen molar-refractivity contribution in [3.05, 3.63) is 29.3 Å². The van der Waals surface area contributed by atoms with Gasteiger partial charge in [0.1, 0.15) is 6.54 Å². The Morgan fingerprint density at radius 1 is 1.06 bits per heavy atom. The van der Waals surface area contributed by atoms with Gasteiger partial charge in [-0.05, 0) is 42.2 Å². The average molecular weight is 428 g/mol. The molecule has 5 heteroatoms. The molecule has 0 radical (unpaired) electrons. The van der Waals surface area contributed by atoms with E-state index in [9.17, 15) is 9.59 Å². The summed E-state index contributed by atoms with van der Waals surface area (Å²) >= 11 is 0. The first kappa shape index (κ1) is 23.6. The highest BCUT2D eigenvalue weighted by Crippen LogP contribution is 2.39. The molecule has 5 nitrogen and oxygen atoms in total. The minimum absolute atomic E-state index is 0.0479. The summed E-state index contributed by atoms with van der Waals surface area (Å²) in [5.41, 5.74) is 3.17. The van der Waals surface area contributed by atoms with Crippen molar-refractivity contribution >= 4 is 17.6 Å². The van der Waals surface area contributed by atoms with E-state index in [-0.39, 0.29) is 24.0 Å². The molecule has 0 bridgehead atoms. The molecule has 31 heavy (non-hydrogen) atoms. The number of nitrogens with zero attached hydrogens (tertiary/aromatic N) is 2. The van der Waals surface area contributed by atoms with E-state index in [2.05, 4.69) is 63.0 Å². The summed E-state index contributed by atoms with van der Waals surface area (Å²) in [5.74, 6) is 0.543. The van der Waals surface area contributed by atoms with Gasteiger partial charge in [0.2, 0.25) is 5.91 Å². The van der Waals surface area contributed by atoms with Crippen LogP contribution in [0.15, 0.2) is 18.2 Å². The largest absolute Gasteiger partial charge is 0.324 e. The molecule has 2 fully saturated rings. The average Bonchev–Trinajstić information content (AvgIpc) is 2.96. The second kappa shape index (κ2) is 10.1. The number of unbranched alkanes of at least 4 members (excludes halogenated alkanes) is 1. The predicted molar refractivity (Wildman–Crippen MR) is 128 cm³/mol. The van der Waals surface area contributed by atoms with Crippen molar-refractivity contribution in [3.63, 3.8) is 0 Å². The van der Waals surface area contributed by atoms with Crippen LogP contribution >= 0.6 is 0 Å². The maximum absolute atomic E-state index is 13.3. The number of urea groups is 1. The predicted octanol–water partition coefficient (Wildman–Crippen LogP) is 6.11. The number of hydrogen-bond donors (Lipinski definition) is 1. The first-order chi connectivity index (χ1) is 14.8. The molecule has 1 saturated heterocycles. The lowest BCUT2D eigenvalue weighted by Gasteiger charge is -2.40. The van der Waals surface area contributed by atoms with E-state index in [1.165, 1.54) is 19.3 Å². The number of carbonyl (C=O) groups excluding carboxylic acids is 2. The summed E-state index contributed by atoms with van der Waals surface area (Å²) in [6.45, 7) is 12.4. The molecule has 172 valence electrons. The molecule has 1 heterocycles. The first-order valence-electron chi connectivity index (χ1n) is 12.3. The second-order valence-corrected chi connectivity index (χ2v) is 10.1. The van der Waals surface area contributed by atoms with Gasteiger partial charge in [0.05, 0.1) is 5.54 Å². The molecular weight excluding hydrogens is 386 g/mol. The molecule has 1 N–H and O–H groups in total. The lowest BCUT2D eigenvalue weighted by molar-refractivity contribution is -0.116. The highest BCUT2D eigenvalue weighted by Gasteiger charge is 2.49. The van der Waals surface area contributed by atoms with Gasteiger partial charge in [-0.25, -0.2) is 4.79 Å². The minimum Gasteiger partial charge on any atom is -0.324 e. The van der Waals surface area contributed by atoms with Gasteiger partial charge in [0.15, 0.2) is 0 Å². The van der Waals surface area contributed by atoms with Gasteiger partial charge >= 0.3 is 6.03 Å². The molecule has 3 rings (SSSR count). The van der Waals surface area contributed by atoms with Crippen molar-refractivity contribution in [1.29, 1.82) is 0 Å². The lowest BCUT2D eigenvalue weighted by atomic mass is 9.81. The zero-order chi connectivity index (χ0) is 22.6. The zero-order valence-electron chi connectivity index (χ0n) is 20.2. The topological polar surface area (TPSA) is 52.7 Å².